The zero-order chi connectivity index (χ0) is 41.1. The standard InChI is InChI=1S/C41H53ClN4O9/c1-39(2,3)29-12-10-11-26(21-29)23-46(31(24-47)25-48)34(49)20-16-27-15-19-32(22-33(27)42)53-35(50)28-13-17-30(18-14-28)43-36(44-37(51)54-40(4,5)6)45-38(52)55-41(7,8)9/h10-15,17-19,21-22,31,47-48H,16,20,23-25H2,1-9H3,(H2,43,44,45,51,52). The minimum absolute atomic E-state index is 0.0617. The van der Waals surface area contributed by atoms with Crippen LogP contribution >= 0.6 is 11.6 Å². The lowest BCUT2D eigenvalue weighted by Crippen LogP contribution is -2.44. The van der Waals surface area contributed by atoms with Crippen molar-refractivity contribution in [2.24, 2.45) is 4.99 Å². The number of benzene rings is 3. The maximum atomic E-state index is 13.5. The molecule has 14 heteroatoms. The van der Waals surface area contributed by atoms with E-state index in [0.29, 0.717) is 11.3 Å². The number of aliphatic hydroxyl groups excluding tert-OH is 2. The van der Waals surface area contributed by atoms with E-state index in [1.165, 1.54) is 35.2 Å². The van der Waals surface area contributed by atoms with Gasteiger partial charge in [-0.15, -0.1) is 4.99 Å². The van der Waals surface area contributed by atoms with Crippen LogP contribution in [0, 0.1) is 0 Å². The lowest BCUT2D eigenvalue weighted by atomic mass is 9.86. The van der Waals surface area contributed by atoms with Gasteiger partial charge in [-0.2, -0.15) is 0 Å². The largest absolute Gasteiger partial charge is 0.444 e. The highest BCUT2D eigenvalue weighted by Gasteiger charge is 2.25. The number of amides is 3. The van der Waals surface area contributed by atoms with Crippen molar-refractivity contribution in [1.82, 2.24) is 10.2 Å². The minimum Gasteiger partial charge on any atom is -0.444 e. The van der Waals surface area contributed by atoms with E-state index in [1.807, 2.05) is 24.3 Å². The summed E-state index contributed by atoms with van der Waals surface area (Å²) in [7, 11) is 0. The highest BCUT2D eigenvalue weighted by Crippen LogP contribution is 2.27. The molecule has 298 valence electrons. The number of carbonyl (C=O) groups excluding carboxylic acids is 4. The highest BCUT2D eigenvalue weighted by atomic mass is 35.5. The Hall–Kier alpha value is -4.98. The number of nitrogens with one attached hydrogen (secondary N) is 2. The summed E-state index contributed by atoms with van der Waals surface area (Å²) in [6.45, 7) is 15.8. The summed E-state index contributed by atoms with van der Waals surface area (Å²) in [5, 5.41) is 25.4. The van der Waals surface area contributed by atoms with Crippen LogP contribution in [-0.4, -0.2) is 75.6 Å². The molecule has 0 unspecified atom stereocenters. The normalized spacial score (nSPS) is 12.2. The first-order valence-electron chi connectivity index (χ1n) is 17.9. The fourth-order valence-electron chi connectivity index (χ4n) is 5.04. The zero-order valence-electron chi connectivity index (χ0n) is 33.0. The van der Waals surface area contributed by atoms with Crippen LogP contribution in [0.1, 0.15) is 95.8 Å². The minimum atomic E-state index is -0.945. The van der Waals surface area contributed by atoms with Crippen LogP contribution in [0.2, 0.25) is 5.02 Å². The van der Waals surface area contributed by atoms with Crippen molar-refractivity contribution in [2.45, 2.75) is 104 Å². The van der Waals surface area contributed by atoms with E-state index in [9.17, 15) is 29.4 Å². The fraction of sp³-hybridized carbons (Fsp3) is 0.439. The molecule has 0 saturated heterocycles. The number of alkyl carbamates (subject to hydrolysis) is 1. The quantitative estimate of drug-likeness (QED) is 0.0664. The van der Waals surface area contributed by atoms with Gasteiger partial charge in [0, 0.05) is 23.7 Å². The highest BCUT2D eigenvalue weighted by molar-refractivity contribution is 6.31. The third-order valence-electron chi connectivity index (χ3n) is 7.77. The third kappa shape index (κ3) is 15.0. The molecule has 0 aliphatic rings. The van der Waals surface area contributed by atoms with Crippen LogP contribution in [0.3, 0.4) is 0 Å². The molecule has 0 aliphatic carbocycles. The first-order chi connectivity index (χ1) is 25.6. The van der Waals surface area contributed by atoms with Crippen LogP contribution in [0.5, 0.6) is 5.75 Å². The number of aliphatic hydroxyl groups is 2. The van der Waals surface area contributed by atoms with Crippen molar-refractivity contribution in [3.8, 4) is 5.75 Å². The van der Waals surface area contributed by atoms with Gasteiger partial charge in [-0.1, -0.05) is 62.7 Å². The Bertz CT molecular complexity index is 1840. The number of anilines is 1. The number of esters is 1. The molecule has 0 spiro atoms. The number of aryl methyl sites for hydroxylation is 1. The van der Waals surface area contributed by atoms with Crippen molar-refractivity contribution in [1.29, 1.82) is 0 Å². The number of nitrogens with zero attached hydrogens (tertiary/aromatic N) is 2. The van der Waals surface area contributed by atoms with Crippen molar-refractivity contribution in [3.05, 3.63) is 94.0 Å². The number of guanidine groups is 1. The maximum Gasteiger partial charge on any atom is 0.437 e. The van der Waals surface area contributed by atoms with E-state index < -0.39 is 48.6 Å². The Morgan fingerprint density at radius 1 is 0.836 bits per heavy atom. The molecule has 0 atom stereocenters. The summed E-state index contributed by atoms with van der Waals surface area (Å²) < 4.78 is 16.0. The van der Waals surface area contributed by atoms with Crippen LogP contribution in [0.25, 0.3) is 0 Å². The second-order valence-electron chi connectivity index (χ2n) is 15.9. The molecule has 3 aromatic carbocycles. The SMILES string of the molecule is CC(C)(C)OC(=O)/N=C(/NC(=O)OC(C)(C)C)Nc1ccc(C(=O)Oc2ccc(CCC(=O)N(Cc3cccc(C(C)(C)C)c3)C(CO)CO)c(Cl)c2)cc1. The molecule has 4 N–H and O–H groups in total. The summed E-state index contributed by atoms with van der Waals surface area (Å²) in [6, 6.07) is 17.8. The summed E-state index contributed by atoms with van der Waals surface area (Å²) in [5.41, 5.74) is 1.48. The van der Waals surface area contributed by atoms with Crippen LogP contribution in [-0.2, 0) is 32.6 Å². The number of hydrogen-bond donors (Lipinski definition) is 4. The fourth-order valence-corrected chi connectivity index (χ4v) is 5.31. The van der Waals surface area contributed by atoms with Gasteiger partial charge in [0.1, 0.15) is 17.0 Å². The summed E-state index contributed by atoms with van der Waals surface area (Å²) in [5.74, 6) is -1.01. The zero-order valence-corrected chi connectivity index (χ0v) is 33.7. The molecule has 0 bridgehead atoms. The first kappa shape index (κ1) is 44.4. The van der Waals surface area contributed by atoms with E-state index in [0.717, 1.165) is 11.1 Å². The van der Waals surface area contributed by atoms with E-state index >= 15 is 0 Å². The van der Waals surface area contributed by atoms with E-state index in [2.05, 4.69) is 36.4 Å². The average Bonchev–Trinajstić information content (AvgIpc) is 3.06. The average molecular weight is 781 g/mol. The van der Waals surface area contributed by atoms with Gasteiger partial charge in [0.15, 0.2) is 0 Å². The number of hydrogen-bond acceptors (Lipinski definition) is 9. The topological polar surface area (TPSA) is 176 Å². The van der Waals surface area contributed by atoms with Gasteiger partial charge < -0.3 is 34.6 Å². The molecule has 0 aromatic heterocycles. The molecule has 0 fully saturated rings. The Morgan fingerprint density at radius 2 is 1.47 bits per heavy atom. The Kier molecular flexibility index (Phi) is 15.4. The second-order valence-corrected chi connectivity index (χ2v) is 16.3. The van der Waals surface area contributed by atoms with Crippen molar-refractivity contribution in [2.75, 3.05) is 18.5 Å². The van der Waals surface area contributed by atoms with E-state index in [1.54, 1.807) is 53.7 Å². The van der Waals surface area contributed by atoms with Gasteiger partial charge in [-0.3, -0.25) is 10.1 Å². The molecule has 0 saturated carbocycles. The molecule has 3 amide bonds. The van der Waals surface area contributed by atoms with Gasteiger partial charge in [-0.05, 0) is 106 Å². The van der Waals surface area contributed by atoms with Crippen molar-refractivity contribution in [3.63, 3.8) is 0 Å². The van der Waals surface area contributed by atoms with Gasteiger partial charge in [0.05, 0.1) is 24.8 Å². The predicted molar refractivity (Wildman–Crippen MR) is 211 cm³/mol. The number of carbonyl (C=O) groups is 4. The molecular formula is C41H53ClN4O9. The van der Waals surface area contributed by atoms with Gasteiger partial charge in [0.25, 0.3) is 0 Å². The van der Waals surface area contributed by atoms with Gasteiger partial charge in [0.2, 0.25) is 11.9 Å². The molecule has 0 heterocycles. The Morgan fingerprint density at radius 3 is 2.04 bits per heavy atom. The third-order valence-corrected chi connectivity index (χ3v) is 8.12. The number of halogens is 1. The smallest absolute Gasteiger partial charge is 0.437 e. The maximum absolute atomic E-state index is 13.5. The lowest BCUT2D eigenvalue weighted by molar-refractivity contribution is -0.136. The lowest BCUT2D eigenvalue weighted by Gasteiger charge is -2.30. The van der Waals surface area contributed by atoms with Gasteiger partial charge >= 0.3 is 18.2 Å². The number of rotatable bonds is 11. The van der Waals surface area contributed by atoms with Crippen molar-refractivity contribution < 1.29 is 43.6 Å². The van der Waals surface area contributed by atoms with Crippen LogP contribution in [0.15, 0.2) is 71.7 Å². The molecule has 0 radical (unpaired) electrons. The number of aliphatic imine (C=N–C) groups is 1. The molecule has 3 rings (SSSR count). The van der Waals surface area contributed by atoms with E-state index in [4.69, 9.17) is 25.8 Å². The molecule has 13 nitrogen and oxygen atoms in total. The van der Waals surface area contributed by atoms with Crippen molar-refractivity contribution >= 4 is 47.3 Å². The Labute approximate surface area is 328 Å². The predicted octanol–water partition coefficient (Wildman–Crippen LogP) is 7.40. The number of ether oxygens (including phenoxy) is 3. The van der Waals surface area contributed by atoms with Gasteiger partial charge in [-0.25, -0.2) is 14.4 Å². The monoisotopic (exact) mass is 780 g/mol. The Balaban J connectivity index is 1.67. The van der Waals surface area contributed by atoms with Crippen LogP contribution < -0.4 is 15.4 Å². The summed E-state index contributed by atoms with van der Waals surface area (Å²) in [4.78, 5) is 56.6. The molecule has 55 heavy (non-hydrogen) atoms. The first-order valence-corrected chi connectivity index (χ1v) is 18.2. The van der Waals surface area contributed by atoms with E-state index in [-0.39, 0.29) is 53.0 Å². The van der Waals surface area contributed by atoms with Crippen LogP contribution in [0.4, 0.5) is 15.3 Å². The molecular weight excluding hydrogens is 728 g/mol. The molecule has 0 aliphatic heterocycles. The molecule has 3 aromatic rings. The summed E-state index contributed by atoms with van der Waals surface area (Å²) >= 11 is 6.55. The second kappa shape index (κ2) is 19.1. The summed E-state index contributed by atoms with van der Waals surface area (Å²) in [6.07, 6.45) is -1.47.